The highest BCUT2D eigenvalue weighted by atomic mass is 16.5. The Kier molecular flexibility index (Phi) is 7.05. The number of morpholine rings is 1. The molecule has 0 atom stereocenters. The van der Waals surface area contributed by atoms with Gasteiger partial charge in [0.1, 0.15) is 0 Å². The average Bonchev–Trinajstić information content (AvgIpc) is 2.71. The molecule has 1 aliphatic heterocycles. The topological polar surface area (TPSA) is 53.6 Å². The minimum Gasteiger partial charge on any atom is -0.379 e. The molecule has 0 saturated carbocycles. The molecule has 0 bridgehead atoms. The number of ether oxygens (including phenoxy) is 1. The van der Waals surface area contributed by atoms with Crippen molar-refractivity contribution in [1.29, 1.82) is 0 Å². The molecule has 2 aromatic rings. The van der Waals surface area contributed by atoms with Crippen LogP contribution in [-0.2, 0) is 4.74 Å². The quantitative estimate of drug-likeness (QED) is 0.753. The highest BCUT2D eigenvalue weighted by Gasteiger charge is 2.16. The maximum absolute atomic E-state index is 12.4. The minimum absolute atomic E-state index is 0.135. The van der Waals surface area contributed by atoms with Gasteiger partial charge in [0.2, 0.25) is 0 Å². The number of hydrogen-bond donors (Lipinski definition) is 2. The van der Waals surface area contributed by atoms with Crippen molar-refractivity contribution in [2.75, 3.05) is 39.4 Å². The van der Waals surface area contributed by atoms with Gasteiger partial charge in [0.25, 0.3) is 0 Å². The largest absolute Gasteiger partial charge is 0.379 e. The highest BCUT2D eigenvalue weighted by Crippen LogP contribution is 2.21. The van der Waals surface area contributed by atoms with Crippen molar-refractivity contribution in [3.8, 4) is 0 Å². The van der Waals surface area contributed by atoms with E-state index in [4.69, 9.17) is 4.74 Å². The molecule has 1 fully saturated rings. The fraction of sp³-hybridized carbons (Fsp3) is 0.381. The number of hydrogen-bond acceptors (Lipinski definition) is 3. The van der Waals surface area contributed by atoms with E-state index >= 15 is 0 Å². The van der Waals surface area contributed by atoms with Gasteiger partial charge in [-0.2, -0.15) is 0 Å². The van der Waals surface area contributed by atoms with E-state index in [0.29, 0.717) is 6.54 Å². The molecule has 0 radical (unpaired) electrons. The first kappa shape index (κ1) is 18.4. The van der Waals surface area contributed by atoms with Crippen molar-refractivity contribution >= 4 is 6.03 Å². The second kappa shape index (κ2) is 9.94. The summed E-state index contributed by atoms with van der Waals surface area (Å²) >= 11 is 0. The first-order chi connectivity index (χ1) is 12.8. The molecular formula is C21H27N3O2. The Balaban J connectivity index is 1.51. The summed E-state index contributed by atoms with van der Waals surface area (Å²) in [6.45, 7) is 5.24. The van der Waals surface area contributed by atoms with Crippen molar-refractivity contribution in [2.45, 2.75) is 12.5 Å². The summed E-state index contributed by atoms with van der Waals surface area (Å²) in [6, 6.07) is 19.8. The molecule has 0 spiro atoms. The van der Waals surface area contributed by atoms with Gasteiger partial charge >= 0.3 is 6.03 Å². The van der Waals surface area contributed by atoms with Gasteiger partial charge in [-0.1, -0.05) is 60.7 Å². The zero-order chi connectivity index (χ0) is 18.0. The number of nitrogens with one attached hydrogen (secondary N) is 2. The summed E-state index contributed by atoms with van der Waals surface area (Å²) in [6.07, 6.45) is 0.939. The van der Waals surface area contributed by atoms with Gasteiger partial charge in [0, 0.05) is 19.6 Å². The molecule has 2 aromatic carbocycles. The van der Waals surface area contributed by atoms with E-state index in [2.05, 4.69) is 15.5 Å². The lowest BCUT2D eigenvalue weighted by Crippen LogP contribution is -2.41. The molecule has 2 amide bonds. The molecule has 3 rings (SSSR count). The van der Waals surface area contributed by atoms with Crippen molar-refractivity contribution in [1.82, 2.24) is 15.5 Å². The van der Waals surface area contributed by atoms with Gasteiger partial charge in [-0.05, 0) is 24.1 Å². The fourth-order valence-corrected chi connectivity index (χ4v) is 3.16. The Morgan fingerprint density at radius 1 is 0.962 bits per heavy atom. The Morgan fingerprint density at radius 2 is 1.54 bits per heavy atom. The maximum Gasteiger partial charge on any atom is 0.315 e. The van der Waals surface area contributed by atoms with Crippen LogP contribution >= 0.6 is 0 Å². The zero-order valence-electron chi connectivity index (χ0n) is 15.1. The van der Waals surface area contributed by atoms with Crippen LogP contribution in [0.5, 0.6) is 0 Å². The van der Waals surface area contributed by atoms with E-state index in [-0.39, 0.29) is 12.1 Å². The molecule has 0 aromatic heterocycles. The minimum atomic E-state index is -0.156. The third kappa shape index (κ3) is 5.58. The molecule has 1 saturated heterocycles. The molecule has 26 heavy (non-hydrogen) atoms. The van der Waals surface area contributed by atoms with Gasteiger partial charge in [-0.3, -0.25) is 4.90 Å². The Morgan fingerprint density at radius 3 is 2.12 bits per heavy atom. The summed E-state index contributed by atoms with van der Waals surface area (Å²) < 4.78 is 5.35. The van der Waals surface area contributed by atoms with Crippen LogP contribution in [0.3, 0.4) is 0 Å². The molecule has 5 heteroatoms. The van der Waals surface area contributed by atoms with Crippen molar-refractivity contribution in [2.24, 2.45) is 0 Å². The number of amides is 2. The predicted molar refractivity (Wildman–Crippen MR) is 103 cm³/mol. The Labute approximate surface area is 155 Å². The Hall–Kier alpha value is -2.37. The lowest BCUT2D eigenvalue weighted by Gasteiger charge is -2.26. The maximum atomic E-state index is 12.4. The second-order valence-electron chi connectivity index (χ2n) is 6.46. The van der Waals surface area contributed by atoms with E-state index in [1.807, 2.05) is 60.7 Å². The normalized spacial score (nSPS) is 15.0. The van der Waals surface area contributed by atoms with Gasteiger partial charge in [-0.25, -0.2) is 4.79 Å². The zero-order valence-corrected chi connectivity index (χ0v) is 15.1. The van der Waals surface area contributed by atoms with Crippen molar-refractivity contribution in [3.63, 3.8) is 0 Å². The van der Waals surface area contributed by atoms with Crippen molar-refractivity contribution < 1.29 is 9.53 Å². The van der Waals surface area contributed by atoms with Crippen LogP contribution in [0.15, 0.2) is 60.7 Å². The van der Waals surface area contributed by atoms with Gasteiger partial charge in [-0.15, -0.1) is 0 Å². The third-order valence-electron chi connectivity index (χ3n) is 4.58. The third-order valence-corrected chi connectivity index (χ3v) is 4.58. The molecular weight excluding hydrogens is 326 g/mol. The number of urea groups is 1. The summed E-state index contributed by atoms with van der Waals surface area (Å²) in [5.74, 6) is 0. The summed E-state index contributed by atoms with van der Waals surface area (Å²) in [5.41, 5.74) is 2.14. The number of benzene rings is 2. The predicted octanol–water partition coefficient (Wildman–Crippen LogP) is 2.80. The molecule has 1 heterocycles. The van der Waals surface area contributed by atoms with Crippen LogP contribution in [0.4, 0.5) is 4.79 Å². The average molecular weight is 353 g/mol. The summed E-state index contributed by atoms with van der Waals surface area (Å²) in [4.78, 5) is 14.8. The van der Waals surface area contributed by atoms with E-state index in [0.717, 1.165) is 50.4 Å². The molecule has 0 unspecified atom stereocenters. The number of nitrogens with zero attached hydrogens (tertiary/aromatic N) is 1. The van der Waals surface area contributed by atoms with Gasteiger partial charge in [0.15, 0.2) is 0 Å². The lowest BCUT2D eigenvalue weighted by molar-refractivity contribution is 0.0375. The summed E-state index contributed by atoms with van der Waals surface area (Å²) in [5, 5.41) is 6.09. The molecule has 1 aliphatic rings. The van der Waals surface area contributed by atoms with Crippen LogP contribution < -0.4 is 10.6 Å². The van der Waals surface area contributed by atoms with Gasteiger partial charge in [0.05, 0.1) is 19.3 Å². The SMILES string of the molecule is O=C(NCCCN1CCOCC1)NC(c1ccccc1)c1ccccc1. The molecule has 0 aliphatic carbocycles. The second-order valence-corrected chi connectivity index (χ2v) is 6.46. The molecule has 2 N–H and O–H groups in total. The smallest absolute Gasteiger partial charge is 0.315 e. The summed E-state index contributed by atoms with van der Waals surface area (Å²) in [7, 11) is 0. The number of carbonyl (C=O) groups excluding carboxylic acids is 1. The fourth-order valence-electron chi connectivity index (χ4n) is 3.16. The lowest BCUT2D eigenvalue weighted by atomic mass is 9.99. The van der Waals surface area contributed by atoms with Crippen LogP contribution in [0, 0.1) is 0 Å². The first-order valence-corrected chi connectivity index (χ1v) is 9.27. The van der Waals surface area contributed by atoms with Crippen LogP contribution in [0.25, 0.3) is 0 Å². The van der Waals surface area contributed by atoms with E-state index in [9.17, 15) is 4.79 Å². The monoisotopic (exact) mass is 353 g/mol. The van der Waals surface area contributed by atoms with Gasteiger partial charge < -0.3 is 15.4 Å². The van der Waals surface area contributed by atoms with Crippen LogP contribution in [-0.4, -0.2) is 50.3 Å². The highest BCUT2D eigenvalue weighted by molar-refractivity contribution is 5.75. The van der Waals surface area contributed by atoms with E-state index < -0.39 is 0 Å². The van der Waals surface area contributed by atoms with Crippen LogP contribution in [0.1, 0.15) is 23.6 Å². The molecule has 5 nitrogen and oxygen atoms in total. The molecule has 138 valence electrons. The van der Waals surface area contributed by atoms with Crippen molar-refractivity contribution in [3.05, 3.63) is 71.8 Å². The standard InChI is InChI=1S/C21H27N3O2/c25-21(22-12-7-13-24-14-16-26-17-15-24)23-20(18-8-3-1-4-9-18)19-10-5-2-6-11-19/h1-6,8-11,20H,7,12-17H2,(H2,22,23,25). The first-order valence-electron chi connectivity index (χ1n) is 9.27. The Bertz CT molecular complexity index is 618. The van der Waals surface area contributed by atoms with Crippen LogP contribution in [0.2, 0.25) is 0 Å². The van der Waals surface area contributed by atoms with E-state index in [1.165, 1.54) is 0 Å². The van der Waals surface area contributed by atoms with E-state index in [1.54, 1.807) is 0 Å². The number of carbonyl (C=O) groups is 1. The number of rotatable bonds is 7.